The third-order valence-corrected chi connectivity index (χ3v) is 4.94. The zero-order valence-corrected chi connectivity index (χ0v) is 17.0. The summed E-state index contributed by atoms with van der Waals surface area (Å²) >= 11 is 0. The fourth-order valence-corrected chi connectivity index (χ4v) is 3.40. The van der Waals surface area contributed by atoms with Crippen molar-refractivity contribution >= 4 is 22.8 Å². The highest BCUT2D eigenvalue weighted by Gasteiger charge is 2.19. The van der Waals surface area contributed by atoms with Crippen molar-refractivity contribution in [3.63, 3.8) is 0 Å². The first-order valence-electron chi connectivity index (χ1n) is 10.1. The van der Waals surface area contributed by atoms with Crippen LogP contribution in [0.2, 0.25) is 0 Å². The SMILES string of the molecule is CCCCCCOc1ccc(/C=C(\C#N)C(=O)c2c(C)[nH]c3ccccc23)cc1. The van der Waals surface area contributed by atoms with Crippen LogP contribution in [-0.4, -0.2) is 17.4 Å². The number of rotatable bonds is 9. The molecule has 1 aromatic heterocycles. The molecule has 0 aliphatic heterocycles. The first kappa shape index (κ1) is 20.4. The molecule has 0 unspecified atom stereocenters. The molecule has 148 valence electrons. The second kappa shape index (κ2) is 9.75. The molecule has 2 aromatic carbocycles. The van der Waals surface area contributed by atoms with Crippen LogP contribution < -0.4 is 4.74 Å². The van der Waals surface area contributed by atoms with E-state index in [4.69, 9.17) is 4.74 Å². The number of aryl methyl sites for hydroxylation is 1. The molecule has 0 aliphatic carbocycles. The smallest absolute Gasteiger partial charge is 0.205 e. The second-order valence-corrected chi connectivity index (χ2v) is 7.15. The minimum Gasteiger partial charge on any atom is -0.494 e. The van der Waals surface area contributed by atoms with Gasteiger partial charge in [-0.1, -0.05) is 56.5 Å². The number of Topliss-reactive ketones (excluding diaryl/α,β-unsaturated/α-hetero) is 1. The summed E-state index contributed by atoms with van der Waals surface area (Å²) in [5.74, 6) is 0.537. The molecule has 0 spiro atoms. The average molecular weight is 386 g/mol. The van der Waals surface area contributed by atoms with E-state index < -0.39 is 0 Å². The van der Waals surface area contributed by atoms with Crippen LogP contribution in [0.5, 0.6) is 5.75 Å². The number of allylic oxidation sites excluding steroid dienone is 1. The van der Waals surface area contributed by atoms with Crippen molar-refractivity contribution in [1.29, 1.82) is 5.26 Å². The molecule has 3 rings (SSSR count). The standard InChI is InChI=1S/C25H26N2O2/c1-3-4-5-8-15-29-21-13-11-19(12-14-21)16-20(17-26)25(28)24-18(2)27-23-10-7-6-9-22(23)24/h6-7,9-14,16,27H,3-5,8,15H2,1-2H3/b20-16+. The number of aromatic nitrogens is 1. The number of H-pyrrole nitrogens is 1. The quantitative estimate of drug-likeness (QED) is 0.205. The van der Waals surface area contributed by atoms with Crippen LogP contribution in [-0.2, 0) is 0 Å². The Kier molecular flexibility index (Phi) is 6.86. The number of ketones is 1. The number of nitriles is 1. The van der Waals surface area contributed by atoms with Gasteiger partial charge in [0, 0.05) is 16.6 Å². The van der Waals surface area contributed by atoms with Crippen LogP contribution in [0, 0.1) is 18.3 Å². The van der Waals surface area contributed by atoms with E-state index in [1.54, 1.807) is 6.08 Å². The van der Waals surface area contributed by atoms with Gasteiger partial charge in [-0.2, -0.15) is 5.26 Å². The van der Waals surface area contributed by atoms with Gasteiger partial charge in [0.15, 0.2) is 0 Å². The van der Waals surface area contributed by atoms with Crippen LogP contribution in [0.15, 0.2) is 54.1 Å². The molecule has 0 saturated heterocycles. The molecule has 4 nitrogen and oxygen atoms in total. The summed E-state index contributed by atoms with van der Waals surface area (Å²) in [6.07, 6.45) is 6.30. The Balaban J connectivity index is 1.75. The molecule has 0 bridgehead atoms. The van der Waals surface area contributed by atoms with Crippen molar-refractivity contribution in [2.24, 2.45) is 0 Å². The maximum atomic E-state index is 13.0. The molecular weight excluding hydrogens is 360 g/mol. The Labute approximate surface area is 171 Å². The van der Waals surface area contributed by atoms with E-state index in [-0.39, 0.29) is 11.4 Å². The molecule has 4 heteroatoms. The molecule has 0 aliphatic rings. The summed E-state index contributed by atoms with van der Waals surface area (Å²) in [7, 11) is 0. The number of carbonyl (C=O) groups is 1. The van der Waals surface area contributed by atoms with Crippen molar-refractivity contribution in [2.75, 3.05) is 6.61 Å². The minimum absolute atomic E-state index is 0.117. The summed E-state index contributed by atoms with van der Waals surface area (Å²) in [5, 5.41) is 10.4. The van der Waals surface area contributed by atoms with E-state index in [1.807, 2.05) is 55.5 Å². The number of nitrogens with zero attached hydrogens (tertiary/aromatic N) is 1. The molecule has 1 heterocycles. The Bertz CT molecular complexity index is 1050. The Morgan fingerprint density at radius 1 is 1.10 bits per heavy atom. The highest BCUT2D eigenvalue weighted by Crippen LogP contribution is 2.25. The predicted octanol–water partition coefficient (Wildman–Crippen LogP) is 6.23. The summed E-state index contributed by atoms with van der Waals surface area (Å²) in [5.41, 5.74) is 3.13. The van der Waals surface area contributed by atoms with Crippen molar-refractivity contribution in [1.82, 2.24) is 4.98 Å². The molecule has 29 heavy (non-hydrogen) atoms. The molecule has 1 N–H and O–H groups in total. The molecule has 0 saturated carbocycles. The Morgan fingerprint density at radius 2 is 1.86 bits per heavy atom. The van der Waals surface area contributed by atoms with Gasteiger partial charge in [0.1, 0.15) is 17.4 Å². The van der Waals surface area contributed by atoms with Gasteiger partial charge in [-0.15, -0.1) is 0 Å². The van der Waals surface area contributed by atoms with Gasteiger partial charge in [-0.3, -0.25) is 4.79 Å². The van der Waals surface area contributed by atoms with Gasteiger partial charge in [-0.05, 0) is 43.2 Å². The summed E-state index contributed by atoms with van der Waals surface area (Å²) < 4.78 is 5.75. The highest BCUT2D eigenvalue weighted by atomic mass is 16.5. The lowest BCUT2D eigenvalue weighted by Gasteiger charge is -2.06. The Morgan fingerprint density at radius 3 is 2.59 bits per heavy atom. The van der Waals surface area contributed by atoms with Crippen molar-refractivity contribution in [2.45, 2.75) is 39.5 Å². The van der Waals surface area contributed by atoms with Crippen molar-refractivity contribution in [3.05, 3.63) is 70.9 Å². The number of hydrogen-bond acceptors (Lipinski definition) is 3. The molecule has 0 amide bonds. The molecule has 0 atom stereocenters. The van der Waals surface area contributed by atoms with E-state index in [2.05, 4.69) is 18.0 Å². The van der Waals surface area contributed by atoms with Crippen LogP contribution >= 0.6 is 0 Å². The van der Waals surface area contributed by atoms with Gasteiger partial charge in [0.2, 0.25) is 5.78 Å². The molecular formula is C25H26N2O2. The van der Waals surface area contributed by atoms with Crippen LogP contribution in [0.25, 0.3) is 17.0 Å². The maximum absolute atomic E-state index is 13.0. The van der Waals surface area contributed by atoms with Gasteiger partial charge in [-0.25, -0.2) is 0 Å². The molecule has 0 radical (unpaired) electrons. The summed E-state index contributed by atoms with van der Waals surface area (Å²) in [6, 6.07) is 17.2. The van der Waals surface area contributed by atoms with Gasteiger partial charge in [0.25, 0.3) is 0 Å². The Hall–Kier alpha value is -3.32. The fraction of sp³-hybridized carbons (Fsp3) is 0.280. The fourth-order valence-electron chi connectivity index (χ4n) is 3.40. The normalized spacial score (nSPS) is 11.4. The van der Waals surface area contributed by atoms with Crippen LogP contribution in [0.3, 0.4) is 0 Å². The third kappa shape index (κ3) is 4.94. The lowest BCUT2D eigenvalue weighted by Crippen LogP contribution is -2.03. The number of benzene rings is 2. The highest BCUT2D eigenvalue weighted by molar-refractivity contribution is 6.20. The van der Waals surface area contributed by atoms with Gasteiger partial charge >= 0.3 is 0 Å². The number of ether oxygens (including phenoxy) is 1. The van der Waals surface area contributed by atoms with Gasteiger partial charge in [0.05, 0.1) is 12.2 Å². The molecule has 0 fully saturated rings. The van der Waals surface area contributed by atoms with Crippen LogP contribution in [0.1, 0.15) is 54.2 Å². The number of carbonyl (C=O) groups excluding carboxylic acids is 1. The summed E-state index contributed by atoms with van der Waals surface area (Å²) in [4.78, 5) is 16.3. The average Bonchev–Trinajstić information content (AvgIpc) is 3.08. The van der Waals surface area contributed by atoms with E-state index >= 15 is 0 Å². The lowest BCUT2D eigenvalue weighted by molar-refractivity contribution is 0.104. The van der Waals surface area contributed by atoms with E-state index in [1.165, 1.54) is 19.3 Å². The van der Waals surface area contributed by atoms with E-state index in [9.17, 15) is 10.1 Å². The predicted molar refractivity (Wildman–Crippen MR) is 117 cm³/mol. The van der Waals surface area contributed by atoms with Crippen molar-refractivity contribution in [3.8, 4) is 11.8 Å². The number of aromatic amines is 1. The largest absolute Gasteiger partial charge is 0.494 e. The van der Waals surface area contributed by atoms with E-state index in [0.717, 1.165) is 34.3 Å². The third-order valence-electron chi connectivity index (χ3n) is 4.94. The lowest BCUT2D eigenvalue weighted by atomic mass is 9.99. The summed E-state index contributed by atoms with van der Waals surface area (Å²) in [6.45, 7) is 4.75. The van der Waals surface area contributed by atoms with Crippen LogP contribution in [0.4, 0.5) is 0 Å². The zero-order chi connectivity index (χ0) is 20.6. The van der Waals surface area contributed by atoms with Crippen molar-refractivity contribution < 1.29 is 9.53 Å². The first-order valence-corrected chi connectivity index (χ1v) is 10.1. The number of unbranched alkanes of at least 4 members (excludes halogenated alkanes) is 3. The monoisotopic (exact) mass is 386 g/mol. The zero-order valence-electron chi connectivity index (χ0n) is 17.0. The maximum Gasteiger partial charge on any atom is 0.205 e. The number of hydrogen-bond donors (Lipinski definition) is 1. The number of fused-ring (bicyclic) bond motifs is 1. The van der Waals surface area contributed by atoms with Gasteiger partial charge < -0.3 is 9.72 Å². The van der Waals surface area contributed by atoms with E-state index in [0.29, 0.717) is 12.2 Å². The number of nitrogens with one attached hydrogen (secondary N) is 1. The topological polar surface area (TPSA) is 65.9 Å². The second-order valence-electron chi connectivity index (χ2n) is 7.15. The minimum atomic E-state index is -0.265. The molecule has 3 aromatic rings. The first-order chi connectivity index (χ1) is 14.1. The number of para-hydroxylation sites is 1.